The van der Waals surface area contributed by atoms with Crippen molar-refractivity contribution in [3.63, 3.8) is 0 Å². The van der Waals surface area contributed by atoms with Gasteiger partial charge in [-0.25, -0.2) is 9.37 Å². The summed E-state index contributed by atoms with van der Waals surface area (Å²) in [4.78, 5) is 18.8. The van der Waals surface area contributed by atoms with Gasteiger partial charge in [0.25, 0.3) is 0 Å². The third-order valence-corrected chi connectivity index (χ3v) is 6.29. The third-order valence-electron chi connectivity index (χ3n) is 6.29. The van der Waals surface area contributed by atoms with Crippen molar-refractivity contribution in [1.82, 2.24) is 35.0 Å². The first-order valence-corrected chi connectivity index (χ1v) is 12.0. The van der Waals surface area contributed by atoms with Gasteiger partial charge in [0.2, 0.25) is 0 Å². The highest BCUT2D eigenvalue weighted by molar-refractivity contribution is 6.00. The van der Waals surface area contributed by atoms with E-state index < -0.39 is 0 Å². The summed E-state index contributed by atoms with van der Waals surface area (Å²) in [7, 11) is 4.02. The van der Waals surface area contributed by atoms with E-state index in [2.05, 4.69) is 40.3 Å². The summed E-state index contributed by atoms with van der Waals surface area (Å²) in [6.07, 6.45) is 7.03. The van der Waals surface area contributed by atoms with Gasteiger partial charge in [-0.05, 0) is 73.8 Å². The van der Waals surface area contributed by atoms with E-state index in [9.17, 15) is 4.39 Å². The first-order valence-electron chi connectivity index (χ1n) is 12.0. The fraction of sp³-hybridized carbons (Fsp3) is 0.143. The van der Waals surface area contributed by atoms with Crippen molar-refractivity contribution in [1.29, 1.82) is 0 Å². The molecule has 0 amide bonds. The number of anilines is 1. The zero-order chi connectivity index (χ0) is 25.4. The Balaban J connectivity index is 1.41. The molecule has 0 saturated heterocycles. The highest BCUT2D eigenvalue weighted by Gasteiger charge is 2.16. The molecule has 0 bridgehead atoms. The van der Waals surface area contributed by atoms with Crippen LogP contribution in [-0.2, 0) is 0 Å². The molecule has 0 spiro atoms. The molecule has 6 aromatic rings. The van der Waals surface area contributed by atoms with Gasteiger partial charge in [0.15, 0.2) is 0 Å². The zero-order valence-corrected chi connectivity index (χ0v) is 20.5. The minimum atomic E-state index is -0.292. The number of nitrogens with one attached hydrogen (secondary N) is 3. The smallest absolute Gasteiger partial charge is 0.138 e. The maximum absolute atomic E-state index is 14.6. The second kappa shape index (κ2) is 9.44. The highest BCUT2D eigenvalue weighted by Crippen LogP contribution is 2.35. The number of H-pyrrole nitrogens is 2. The molecule has 9 heteroatoms. The van der Waals surface area contributed by atoms with Crippen molar-refractivity contribution in [2.45, 2.75) is 0 Å². The van der Waals surface area contributed by atoms with Crippen molar-refractivity contribution in [3.8, 4) is 33.8 Å². The van der Waals surface area contributed by atoms with E-state index in [0.717, 1.165) is 68.8 Å². The van der Waals surface area contributed by atoms with Crippen LogP contribution in [0.2, 0.25) is 0 Å². The average molecular weight is 493 g/mol. The lowest BCUT2D eigenvalue weighted by Crippen LogP contribution is -2.20. The summed E-state index contributed by atoms with van der Waals surface area (Å²) >= 11 is 0. The monoisotopic (exact) mass is 492 g/mol. The minimum absolute atomic E-state index is 0.292. The van der Waals surface area contributed by atoms with Crippen LogP contribution < -0.4 is 5.32 Å². The Labute approximate surface area is 212 Å². The molecule has 0 fully saturated rings. The van der Waals surface area contributed by atoms with Crippen molar-refractivity contribution in [3.05, 3.63) is 79.1 Å². The predicted octanol–water partition coefficient (Wildman–Crippen LogP) is 5.34. The van der Waals surface area contributed by atoms with Crippen molar-refractivity contribution in [2.75, 3.05) is 32.5 Å². The molecule has 0 aliphatic heterocycles. The largest absolute Gasteiger partial charge is 0.384 e. The Kier molecular flexibility index (Phi) is 5.82. The molecule has 8 nitrogen and oxygen atoms in total. The van der Waals surface area contributed by atoms with Gasteiger partial charge in [-0.1, -0.05) is 0 Å². The predicted molar refractivity (Wildman–Crippen MR) is 145 cm³/mol. The molecule has 3 N–H and O–H groups in total. The molecule has 184 valence electrons. The van der Waals surface area contributed by atoms with E-state index in [1.54, 1.807) is 30.9 Å². The normalized spacial score (nSPS) is 11.6. The third kappa shape index (κ3) is 4.52. The van der Waals surface area contributed by atoms with Gasteiger partial charge in [0, 0.05) is 53.7 Å². The molecule has 0 aliphatic rings. The van der Waals surface area contributed by atoms with Gasteiger partial charge in [0.1, 0.15) is 17.2 Å². The van der Waals surface area contributed by atoms with Crippen molar-refractivity contribution >= 4 is 27.6 Å². The molecule has 0 unspecified atom stereocenters. The first-order chi connectivity index (χ1) is 18.0. The lowest BCUT2D eigenvalue weighted by molar-refractivity contribution is 0.425. The van der Waals surface area contributed by atoms with E-state index in [0.29, 0.717) is 5.65 Å². The van der Waals surface area contributed by atoms with E-state index in [4.69, 9.17) is 0 Å². The topological polar surface area (TPSA) is 98.4 Å². The molecule has 5 aromatic heterocycles. The number of likely N-dealkylation sites (N-methyl/N-ethyl adjacent to an activating group) is 1. The molecule has 0 radical (unpaired) electrons. The maximum Gasteiger partial charge on any atom is 0.138 e. The quantitative estimate of drug-likeness (QED) is 0.278. The van der Waals surface area contributed by atoms with Crippen LogP contribution in [0, 0.1) is 5.82 Å². The lowest BCUT2D eigenvalue weighted by Gasteiger charge is -2.13. The molecule has 1 aromatic carbocycles. The van der Waals surface area contributed by atoms with Crippen LogP contribution in [0.5, 0.6) is 0 Å². The summed E-state index contributed by atoms with van der Waals surface area (Å²) in [6, 6.07) is 14.8. The number of benzene rings is 1. The summed E-state index contributed by atoms with van der Waals surface area (Å²) in [6.45, 7) is 1.57. The molecular formula is C28H25FN8. The standard InChI is InChI=1S/C28H25FN8/c1-37(2)9-8-31-20-11-18(10-19(29)12-20)21-5-7-32-28-22(21)13-25(34-28)27-23-14-24(17-4-3-6-30-15-17)33-16-26(23)35-36-27/h3-7,10-16,31H,8-9H2,1-2H3,(H,32,34)(H,35,36). The summed E-state index contributed by atoms with van der Waals surface area (Å²) in [5.41, 5.74) is 7.25. The number of aromatic nitrogens is 6. The van der Waals surface area contributed by atoms with Gasteiger partial charge in [-0.3, -0.25) is 15.1 Å². The number of halogens is 1. The van der Waals surface area contributed by atoms with Gasteiger partial charge in [-0.15, -0.1) is 0 Å². The number of pyridine rings is 3. The Bertz CT molecular complexity index is 1700. The first kappa shape index (κ1) is 22.8. The van der Waals surface area contributed by atoms with Crippen LogP contribution >= 0.6 is 0 Å². The van der Waals surface area contributed by atoms with Crippen molar-refractivity contribution in [2.24, 2.45) is 0 Å². The summed E-state index contributed by atoms with van der Waals surface area (Å²) in [5.74, 6) is -0.292. The zero-order valence-electron chi connectivity index (χ0n) is 20.5. The number of fused-ring (bicyclic) bond motifs is 2. The van der Waals surface area contributed by atoms with Crippen LogP contribution in [0.15, 0.2) is 73.3 Å². The highest BCUT2D eigenvalue weighted by atomic mass is 19.1. The van der Waals surface area contributed by atoms with Crippen LogP contribution in [0.4, 0.5) is 10.1 Å². The maximum atomic E-state index is 14.6. The van der Waals surface area contributed by atoms with Crippen molar-refractivity contribution < 1.29 is 4.39 Å². The molecule has 0 saturated carbocycles. The molecule has 5 heterocycles. The molecule has 37 heavy (non-hydrogen) atoms. The second-order valence-electron chi connectivity index (χ2n) is 9.19. The van der Waals surface area contributed by atoms with E-state index >= 15 is 0 Å². The molecular weight excluding hydrogens is 467 g/mol. The Morgan fingerprint density at radius 1 is 0.946 bits per heavy atom. The van der Waals surface area contributed by atoms with Gasteiger partial charge >= 0.3 is 0 Å². The number of hydrogen-bond acceptors (Lipinski definition) is 6. The summed E-state index contributed by atoms with van der Waals surface area (Å²) in [5, 5.41) is 12.8. The van der Waals surface area contributed by atoms with Gasteiger partial charge in [0.05, 0.1) is 23.1 Å². The van der Waals surface area contributed by atoms with E-state index in [1.807, 2.05) is 50.5 Å². The Morgan fingerprint density at radius 2 is 1.86 bits per heavy atom. The van der Waals surface area contributed by atoms with E-state index in [-0.39, 0.29) is 5.82 Å². The molecule has 0 atom stereocenters. The number of nitrogens with zero attached hydrogens (tertiary/aromatic N) is 5. The second-order valence-corrected chi connectivity index (χ2v) is 9.19. The number of hydrogen-bond donors (Lipinski definition) is 3. The Hall–Kier alpha value is -4.63. The fourth-order valence-corrected chi connectivity index (χ4v) is 4.47. The number of aromatic amines is 2. The van der Waals surface area contributed by atoms with Crippen LogP contribution in [0.3, 0.4) is 0 Å². The number of rotatable bonds is 7. The van der Waals surface area contributed by atoms with Gasteiger partial charge in [-0.2, -0.15) is 5.10 Å². The SMILES string of the molecule is CN(C)CCNc1cc(F)cc(-c2ccnc3[nH]c(-c4n[nH]c5cnc(-c6cccnc6)cc45)cc23)c1. The van der Waals surface area contributed by atoms with Gasteiger partial charge < -0.3 is 15.2 Å². The molecule has 0 aliphatic carbocycles. The fourth-order valence-electron chi connectivity index (χ4n) is 4.47. The van der Waals surface area contributed by atoms with E-state index in [1.165, 1.54) is 6.07 Å². The van der Waals surface area contributed by atoms with Crippen LogP contribution in [0.1, 0.15) is 0 Å². The minimum Gasteiger partial charge on any atom is -0.384 e. The average Bonchev–Trinajstić information content (AvgIpc) is 3.52. The lowest BCUT2D eigenvalue weighted by atomic mass is 10.0. The summed E-state index contributed by atoms with van der Waals surface area (Å²) < 4.78 is 14.6. The molecule has 6 rings (SSSR count). The van der Waals surface area contributed by atoms with Crippen LogP contribution in [0.25, 0.3) is 55.7 Å². The van der Waals surface area contributed by atoms with Crippen LogP contribution in [-0.4, -0.2) is 62.2 Å². The Morgan fingerprint density at radius 3 is 2.70 bits per heavy atom.